The van der Waals surface area contributed by atoms with E-state index < -0.39 is 0 Å². The van der Waals surface area contributed by atoms with Crippen molar-refractivity contribution >= 4 is 23.1 Å². The van der Waals surface area contributed by atoms with Crippen molar-refractivity contribution in [2.24, 2.45) is 5.73 Å². The molecular formula is C14H19N3O2S. The van der Waals surface area contributed by atoms with Crippen molar-refractivity contribution in [1.29, 1.82) is 0 Å². The molecule has 1 aromatic carbocycles. The van der Waals surface area contributed by atoms with E-state index in [0.29, 0.717) is 30.2 Å². The van der Waals surface area contributed by atoms with Crippen LogP contribution in [-0.4, -0.2) is 58.5 Å². The highest BCUT2D eigenvalue weighted by Crippen LogP contribution is 2.19. The molecule has 5 nitrogen and oxygen atoms in total. The maximum absolute atomic E-state index is 12.3. The number of hydrogen-bond acceptors (Lipinski definition) is 4. The minimum absolute atomic E-state index is 0.0460. The molecule has 0 saturated carbocycles. The lowest BCUT2D eigenvalue weighted by atomic mass is 10.1. The average molecular weight is 293 g/mol. The number of phenolic OH excluding ortho intramolecular Hbond substituents is 1. The van der Waals surface area contributed by atoms with Crippen molar-refractivity contribution in [1.82, 2.24) is 9.80 Å². The van der Waals surface area contributed by atoms with Gasteiger partial charge in [-0.2, -0.15) is 0 Å². The monoisotopic (exact) mass is 293 g/mol. The molecule has 1 amide bonds. The van der Waals surface area contributed by atoms with Crippen molar-refractivity contribution in [3.63, 3.8) is 0 Å². The zero-order valence-corrected chi connectivity index (χ0v) is 12.3. The molecule has 20 heavy (non-hydrogen) atoms. The number of phenols is 1. The van der Waals surface area contributed by atoms with Crippen molar-refractivity contribution in [3.05, 3.63) is 29.3 Å². The van der Waals surface area contributed by atoms with Crippen LogP contribution in [0, 0.1) is 6.92 Å². The number of amides is 1. The lowest BCUT2D eigenvalue weighted by molar-refractivity contribution is 0.0654. The zero-order valence-electron chi connectivity index (χ0n) is 11.5. The van der Waals surface area contributed by atoms with E-state index in [4.69, 9.17) is 18.0 Å². The van der Waals surface area contributed by atoms with E-state index in [0.717, 1.165) is 18.7 Å². The maximum atomic E-state index is 12.3. The molecule has 0 bridgehead atoms. The second-order valence-electron chi connectivity index (χ2n) is 5.04. The first-order valence-electron chi connectivity index (χ1n) is 6.57. The number of nitrogens with two attached hydrogens (primary N) is 1. The number of hydrogen-bond donors (Lipinski definition) is 2. The van der Waals surface area contributed by atoms with Crippen LogP contribution >= 0.6 is 12.2 Å². The first kappa shape index (κ1) is 14.7. The van der Waals surface area contributed by atoms with Crippen LogP contribution in [0.25, 0.3) is 0 Å². The Morgan fingerprint density at radius 1 is 1.35 bits per heavy atom. The largest absolute Gasteiger partial charge is 0.508 e. The van der Waals surface area contributed by atoms with Gasteiger partial charge in [0.2, 0.25) is 0 Å². The number of aryl methyl sites for hydroxylation is 1. The van der Waals surface area contributed by atoms with Crippen LogP contribution in [0.1, 0.15) is 15.9 Å². The molecule has 1 aromatic rings. The normalized spacial score (nSPS) is 16.1. The van der Waals surface area contributed by atoms with E-state index >= 15 is 0 Å². The number of nitrogens with zero attached hydrogens (tertiary/aromatic N) is 2. The highest BCUT2D eigenvalue weighted by Gasteiger charge is 2.22. The number of thiocarbonyl (C=S) groups is 1. The standard InChI is InChI=1S/C14H19N3O2S/c1-10-2-3-11(8-12(10)18)14(19)17-6-4-16(5-7-17)9-13(15)20/h2-3,8,18H,4-7,9H2,1H3,(H2,15,20). The fourth-order valence-corrected chi connectivity index (χ4v) is 2.44. The van der Waals surface area contributed by atoms with Crippen LogP contribution in [0.15, 0.2) is 18.2 Å². The van der Waals surface area contributed by atoms with Gasteiger partial charge in [0.1, 0.15) is 5.75 Å². The highest BCUT2D eigenvalue weighted by atomic mass is 32.1. The molecule has 108 valence electrons. The molecule has 1 aliphatic heterocycles. The van der Waals surface area contributed by atoms with E-state index in [2.05, 4.69) is 4.90 Å². The molecular weight excluding hydrogens is 274 g/mol. The SMILES string of the molecule is Cc1ccc(C(=O)N2CCN(CC(N)=S)CC2)cc1O. The summed E-state index contributed by atoms with van der Waals surface area (Å²) < 4.78 is 0. The summed E-state index contributed by atoms with van der Waals surface area (Å²) in [4.78, 5) is 16.7. The molecule has 1 heterocycles. The maximum Gasteiger partial charge on any atom is 0.254 e. The van der Waals surface area contributed by atoms with Gasteiger partial charge >= 0.3 is 0 Å². The van der Waals surface area contributed by atoms with Gasteiger partial charge in [0.05, 0.1) is 4.99 Å². The Kier molecular flexibility index (Phi) is 4.57. The molecule has 2 rings (SSSR count). The quantitative estimate of drug-likeness (QED) is 0.805. The Morgan fingerprint density at radius 2 is 2.00 bits per heavy atom. The van der Waals surface area contributed by atoms with Gasteiger partial charge in [0.25, 0.3) is 5.91 Å². The lowest BCUT2D eigenvalue weighted by Gasteiger charge is -2.34. The van der Waals surface area contributed by atoms with Gasteiger partial charge in [-0.3, -0.25) is 9.69 Å². The summed E-state index contributed by atoms with van der Waals surface area (Å²) in [5.74, 6) is 0.109. The van der Waals surface area contributed by atoms with Crippen molar-refractivity contribution in [2.75, 3.05) is 32.7 Å². The smallest absolute Gasteiger partial charge is 0.254 e. The third-order valence-corrected chi connectivity index (χ3v) is 3.62. The predicted molar refractivity (Wildman–Crippen MR) is 82.0 cm³/mol. The van der Waals surface area contributed by atoms with E-state index in [-0.39, 0.29) is 11.7 Å². The first-order valence-corrected chi connectivity index (χ1v) is 6.98. The third kappa shape index (κ3) is 3.46. The average Bonchev–Trinajstić information content (AvgIpc) is 2.41. The van der Waals surface area contributed by atoms with Crippen molar-refractivity contribution in [3.8, 4) is 5.75 Å². The van der Waals surface area contributed by atoms with Crippen LogP contribution in [0.3, 0.4) is 0 Å². The van der Waals surface area contributed by atoms with E-state index in [1.807, 2.05) is 0 Å². The number of aromatic hydroxyl groups is 1. The Morgan fingerprint density at radius 3 is 2.55 bits per heavy atom. The molecule has 1 saturated heterocycles. The van der Waals surface area contributed by atoms with Crippen LogP contribution in [-0.2, 0) is 0 Å². The Labute approximate surface area is 124 Å². The fourth-order valence-electron chi connectivity index (χ4n) is 2.25. The molecule has 0 atom stereocenters. The summed E-state index contributed by atoms with van der Waals surface area (Å²) in [6.45, 7) is 5.23. The van der Waals surface area contributed by atoms with E-state index in [1.165, 1.54) is 6.07 Å². The van der Waals surface area contributed by atoms with Crippen molar-refractivity contribution < 1.29 is 9.90 Å². The third-order valence-electron chi connectivity index (χ3n) is 3.50. The Balaban J connectivity index is 1.97. The lowest BCUT2D eigenvalue weighted by Crippen LogP contribution is -2.50. The first-order chi connectivity index (χ1) is 9.47. The van der Waals surface area contributed by atoms with Gasteiger partial charge in [-0.25, -0.2) is 0 Å². The Hall–Kier alpha value is -1.66. The Bertz CT molecular complexity index is 525. The molecule has 1 fully saturated rings. The molecule has 6 heteroatoms. The summed E-state index contributed by atoms with van der Waals surface area (Å²) in [5.41, 5.74) is 6.81. The molecule has 3 N–H and O–H groups in total. The zero-order chi connectivity index (χ0) is 14.7. The number of carbonyl (C=O) groups excluding carboxylic acids is 1. The van der Waals surface area contributed by atoms with E-state index in [9.17, 15) is 9.90 Å². The van der Waals surface area contributed by atoms with Crippen LogP contribution < -0.4 is 5.73 Å². The summed E-state index contributed by atoms with van der Waals surface area (Å²) in [6.07, 6.45) is 0. The molecule has 1 aliphatic rings. The minimum Gasteiger partial charge on any atom is -0.508 e. The summed E-state index contributed by atoms with van der Waals surface area (Å²) >= 11 is 4.89. The van der Waals surface area contributed by atoms with Crippen LogP contribution in [0.2, 0.25) is 0 Å². The van der Waals surface area contributed by atoms with Gasteiger partial charge in [0, 0.05) is 38.3 Å². The number of carbonyl (C=O) groups is 1. The fraction of sp³-hybridized carbons (Fsp3) is 0.429. The van der Waals surface area contributed by atoms with Crippen LogP contribution in [0.5, 0.6) is 5.75 Å². The summed E-state index contributed by atoms with van der Waals surface area (Å²) in [7, 11) is 0. The molecule has 0 radical (unpaired) electrons. The van der Waals surface area contributed by atoms with Crippen molar-refractivity contribution in [2.45, 2.75) is 6.92 Å². The number of piperazine rings is 1. The number of rotatable bonds is 3. The van der Waals surface area contributed by atoms with Gasteiger partial charge in [-0.05, 0) is 24.6 Å². The predicted octanol–water partition coefficient (Wildman–Crippen LogP) is 0.745. The highest BCUT2D eigenvalue weighted by molar-refractivity contribution is 7.80. The minimum atomic E-state index is -0.0460. The van der Waals surface area contributed by atoms with Gasteiger partial charge in [-0.1, -0.05) is 18.3 Å². The van der Waals surface area contributed by atoms with E-state index in [1.54, 1.807) is 24.0 Å². The molecule has 0 spiro atoms. The van der Waals surface area contributed by atoms with Gasteiger partial charge < -0.3 is 15.7 Å². The van der Waals surface area contributed by atoms with Gasteiger partial charge in [-0.15, -0.1) is 0 Å². The molecule has 0 aliphatic carbocycles. The second-order valence-corrected chi connectivity index (χ2v) is 5.56. The summed E-state index contributed by atoms with van der Waals surface area (Å²) in [5, 5.41) is 9.68. The van der Waals surface area contributed by atoms with Crippen LogP contribution in [0.4, 0.5) is 0 Å². The topological polar surface area (TPSA) is 69.8 Å². The molecule has 0 aromatic heterocycles. The van der Waals surface area contributed by atoms with Gasteiger partial charge in [0.15, 0.2) is 0 Å². The molecule has 0 unspecified atom stereocenters. The number of benzene rings is 1. The summed E-state index contributed by atoms with van der Waals surface area (Å²) in [6, 6.07) is 5.03. The second kappa shape index (κ2) is 6.19.